The molecule has 1 aliphatic rings. The minimum atomic E-state index is -3.65. The van der Waals surface area contributed by atoms with Crippen molar-refractivity contribution in [1.29, 1.82) is 0 Å². The van der Waals surface area contributed by atoms with Crippen LogP contribution in [-0.2, 0) is 10.0 Å². The average Bonchev–Trinajstić information content (AvgIpc) is 2.37. The van der Waals surface area contributed by atoms with E-state index in [4.69, 9.17) is 5.14 Å². The van der Waals surface area contributed by atoms with Gasteiger partial charge in [0.15, 0.2) is 0 Å². The van der Waals surface area contributed by atoms with Gasteiger partial charge in [-0.1, -0.05) is 6.07 Å². The van der Waals surface area contributed by atoms with E-state index in [2.05, 4.69) is 10.6 Å². The van der Waals surface area contributed by atoms with Gasteiger partial charge in [0.05, 0.1) is 4.90 Å². The van der Waals surface area contributed by atoms with E-state index in [0.717, 1.165) is 38.2 Å². The molecule has 0 aliphatic carbocycles. The van der Waals surface area contributed by atoms with Crippen molar-refractivity contribution in [3.63, 3.8) is 0 Å². The summed E-state index contributed by atoms with van der Waals surface area (Å²) in [5, 5.41) is 11.8. The van der Waals surface area contributed by atoms with Gasteiger partial charge in [0, 0.05) is 12.2 Å². The molecule has 1 aliphatic heterocycles. The van der Waals surface area contributed by atoms with E-state index in [-0.39, 0.29) is 4.90 Å². The third-order valence-corrected chi connectivity index (χ3v) is 4.60. The molecule has 0 spiro atoms. The predicted molar refractivity (Wildman–Crippen MR) is 76.6 cm³/mol. The lowest BCUT2D eigenvalue weighted by Crippen LogP contribution is -2.31. The van der Waals surface area contributed by atoms with E-state index in [1.807, 2.05) is 6.07 Å². The molecule has 1 fully saturated rings. The number of hydrogen-bond acceptors (Lipinski definition) is 4. The van der Waals surface area contributed by atoms with E-state index in [0.29, 0.717) is 11.5 Å². The molecular weight excluding hydrogens is 262 g/mol. The zero-order valence-corrected chi connectivity index (χ0v) is 12.0. The van der Waals surface area contributed by atoms with Crippen LogP contribution >= 0.6 is 0 Å². The van der Waals surface area contributed by atoms with Crippen molar-refractivity contribution in [2.75, 3.05) is 25.0 Å². The van der Waals surface area contributed by atoms with Crippen molar-refractivity contribution in [1.82, 2.24) is 5.32 Å². The van der Waals surface area contributed by atoms with Gasteiger partial charge in [-0.2, -0.15) is 0 Å². The number of benzene rings is 1. The third-order valence-electron chi connectivity index (χ3n) is 3.55. The largest absolute Gasteiger partial charge is 0.385 e. The maximum atomic E-state index is 11.5. The highest BCUT2D eigenvalue weighted by Crippen LogP contribution is 2.20. The van der Waals surface area contributed by atoms with Crippen molar-refractivity contribution in [2.45, 2.75) is 24.7 Å². The topological polar surface area (TPSA) is 84.2 Å². The number of anilines is 1. The molecule has 19 heavy (non-hydrogen) atoms. The number of nitrogens with two attached hydrogens (primary N) is 1. The Balaban J connectivity index is 2.04. The van der Waals surface area contributed by atoms with Crippen LogP contribution in [0.2, 0.25) is 0 Å². The molecule has 2 rings (SSSR count). The SMILES string of the molecule is Cc1ccc(NCC2CCNCC2)cc1S(N)(=O)=O. The van der Waals surface area contributed by atoms with E-state index in [9.17, 15) is 8.42 Å². The van der Waals surface area contributed by atoms with Crippen molar-refractivity contribution in [3.8, 4) is 0 Å². The normalized spacial score (nSPS) is 17.4. The molecule has 1 aromatic carbocycles. The van der Waals surface area contributed by atoms with Crippen LogP contribution in [0.5, 0.6) is 0 Å². The molecule has 0 saturated carbocycles. The lowest BCUT2D eigenvalue weighted by molar-refractivity contribution is 0.390. The lowest BCUT2D eigenvalue weighted by Gasteiger charge is -2.23. The summed E-state index contributed by atoms with van der Waals surface area (Å²) in [6.45, 7) is 4.73. The van der Waals surface area contributed by atoms with Crippen LogP contribution in [0.25, 0.3) is 0 Å². The third kappa shape index (κ3) is 3.92. The van der Waals surface area contributed by atoms with Crippen LogP contribution in [-0.4, -0.2) is 28.1 Å². The lowest BCUT2D eigenvalue weighted by atomic mass is 9.98. The summed E-state index contributed by atoms with van der Waals surface area (Å²) >= 11 is 0. The van der Waals surface area contributed by atoms with Crippen LogP contribution in [0.4, 0.5) is 5.69 Å². The number of primary sulfonamides is 1. The molecule has 0 aromatic heterocycles. The Labute approximate surface area is 114 Å². The minimum Gasteiger partial charge on any atom is -0.385 e. The number of hydrogen-bond donors (Lipinski definition) is 3. The Bertz CT molecular complexity index is 537. The van der Waals surface area contributed by atoms with E-state index in [1.165, 1.54) is 0 Å². The van der Waals surface area contributed by atoms with Gasteiger partial charge in [-0.25, -0.2) is 13.6 Å². The van der Waals surface area contributed by atoms with Gasteiger partial charge in [0.25, 0.3) is 0 Å². The predicted octanol–water partition coefficient (Wildman–Crippen LogP) is 1.05. The molecule has 0 unspecified atom stereocenters. The molecule has 5 nitrogen and oxygen atoms in total. The Morgan fingerprint density at radius 1 is 1.37 bits per heavy atom. The molecule has 4 N–H and O–H groups in total. The zero-order valence-electron chi connectivity index (χ0n) is 11.1. The molecular formula is C13H21N3O2S. The van der Waals surface area contributed by atoms with Crippen LogP contribution in [0.1, 0.15) is 18.4 Å². The van der Waals surface area contributed by atoms with Gasteiger partial charge in [-0.15, -0.1) is 0 Å². The van der Waals surface area contributed by atoms with Crippen LogP contribution in [0.15, 0.2) is 23.1 Å². The van der Waals surface area contributed by atoms with E-state index < -0.39 is 10.0 Å². The highest BCUT2D eigenvalue weighted by Gasteiger charge is 2.14. The molecule has 0 amide bonds. The first kappa shape index (κ1) is 14.3. The first-order valence-corrected chi connectivity index (χ1v) is 8.09. The molecule has 6 heteroatoms. The molecule has 1 aromatic rings. The molecule has 0 radical (unpaired) electrons. The van der Waals surface area contributed by atoms with Crippen LogP contribution < -0.4 is 15.8 Å². The molecule has 106 valence electrons. The number of piperidine rings is 1. The number of aryl methyl sites for hydroxylation is 1. The van der Waals surface area contributed by atoms with Crippen molar-refractivity contribution in [2.24, 2.45) is 11.1 Å². The van der Waals surface area contributed by atoms with Crippen LogP contribution in [0.3, 0.4) is 0 Å². The molecule has 0 bridgehead atoms. The van der Waals surface area contributed by atoms with Gasteiger partial charge in [-0.3, -0.25) is 0 Å². The fourth-order valence-electron chi connectivity index (χ4n) is 2.36. The summed E-state index contributed by atoms with van der Waals surface area (Å²) in [5.74, 6) is 0.639. The van der Waals surface area contributed by atoms with Gasteiger partial charge in [0.2, 0.25) is 10.0 Å². The second kappa shape index (κ2) is 5.90. The van der Waals surface area contributed by atoms with E-state index in [1.54, 1.807) is 19.1 Å². The van der Waals surface area contributed by atoms with Gasteiger partial charge in [0.1, 0.15) is 0 Å². The Morgan fingerprint density at radius 2 is 2.05 bits per heavy atom. The Morgan fingerprint density at radius 3 is 2.68 bits per heavy atom. The monoisotopic (exact) mass is 283 g/mol. The summed E-state index contributed by atoms with van der Waals surface area (Å²) in [5.41, 5.74) is 1.49. The number of nitrogens with one attached hydrogen (secondary N) is 2. The Hall–Kier alpha value is -1.11. The van der Waals surface area contributed by atoms with Gasteiger partial charge in [-0.05, 0) is 56.5 Å². The number of sulfonamides is 1. The average molecular weight is 283 g/mol. The molecule has 1 saturated heterocycles. The smallest absolute Gasteiger partial charge is 0.238 e. The summed E-state index contributed by atoms with van der Waals surface area (Å²) in [6.07, 6.45) is 2.31. The highest BCUT2D eigenvalue weighted by atomic mass is 32.2. The summed E-state index contributed by atoms with van der Waals surface area (Å²) in [7, 11) is -3.65. The Kier molecular flexibility index (Phi) is 4.44. The van der Waals surface area contributed by atoms with Crippen molar-refractivity contribution < 1.29 is 8.42 Å². The first-order valence-electron chi connectivity index (χ1n) is 6.55. The standard InChI is InChI=1S/C13H21N3O2S/c1-10-2-3-12(8-13(10)19(14,17)18)16-9-11-4-6-15-7-5-11/h2-3,8,11,15-16H,4-7,9H2,1H3,(H2,14,17,18). The minimum absolute atomic E-state index is 0.197. The second-order valence-corrected chi connectivity index (χ2v) is 6.63. The summed E-state index contributed by atoms with van der Waals surface area (Å²) in [4.78, 5) is 0.197. The summed E-state index contributed by atoms with van der Waals surface area (Å²) in [6, 6.07) is 5.29. The zero-order chi connectivity index (χ0) is 13.9. The molecule has 0 atom stereocenters. The quantitative estimate of drug-likeness (QED) is 0.771. The van der Waals surface area contributed by atoms with Crippen molar-refractivity contribution >= 4 is 15.7 Å². The number of rotatable bonds is 4. The van der Waals surface area contributed by atoms with E-state index >= 15 is 0 Å². The van der Waals surface area contributed by atoms with Crippen LogP contribution in [0, 0.1) is 12.8 Å². The van der Waals surface area contributed by atoms with Crippen molar-refractivity contribution in [3.05, 3.63) is 23.8 Å². The van der Waals surface area contributed by atoms with Gasteiger partial charge < -0.3 is 10.6 Å². The first-order chi connectivity index (χ1) is 8.97. The second-order valence-electron chi connectivity index (χ2n) is 5.10. The highest BCUT2D eigenvalue weighted by molar-refractivity contribution is 7.89. The fraction of sp³-hybridized carbons (Fsp3) is 0.538. The fourth-order valence-corrected chi connectivity index (χ4v) is 3.17. The maximum Gasteiger partial charge on any atom is 0.238 e. The summed E-state index contributed by atoms with van der Waals surface area (Å²) < 4.78 is 22.9. The van der Waals surface area contributed by atoms with Gasteiger partial charge >= 0.3 is 0 Å². The maximum absolute atomic E-state index is 11.5. The molecule has 1 heterocycles.